The average Bonchev–Trinajstić information content (AvgIpc) is 2.54. The van der Waals surface area contributed by atoms with Gasteiger partial charge >= 0.3 is 5.97 Å². The first kappa shape index (κ1) is 19.9. The van der Waals surface area contributed by atoms with Gasteiger partial charge in [-0.2, -0.15) is 0 Å². The first-order valence-electron chi connectivity index (χ1n) is 7.96. The molecule has 1 saturated heterocycles. The quantitative estimate of drug-likeness (QED) is 0.522. The van der Waals surface area contributed by atoms with Gasteiger partial charge in [-0.05, 0) is 57.9 Å². The lowest BCUT2D eigenvalue weighted by atomic mass is 9.94. The predicted octanol–water partition coefficient (Wildman–Crippen LogP) is 3.41. The van der Waals surface area contributed by atoms with E-state index in [-0.39, 0.29) is 11.6 Å². The smallest absolute Gasteiger partial charge is 0.337 e. The minimum Gasteiger partial charge on any atom is -0.465 e. The molecule has 132 valence electrons. The van der Waals surface area contributed by atoms with Crippen molar-refractivity contribution in [1.29, 1.82) is 0 Å². The van der Waals surface area contributed by atoms with E-state index in [9.17, 15) is 9.59 Å². The molecule has 0 aliphatic carbocycles. The molecular formula is C19H27NO4. The van der Waals surface area contributed by atoms with Crippen molar-refractivity contribution in [3.8, 4) is 0 Å². The van der Waals surface area contributed by atoms with Crippen molar-refractivity contribution in [1.82, 2.24) is 5.32 Å². The Balaban J connectivity index is 0.000000351. The van der Waals surface area contributed by atoms with Gasteiger partial charge in [-0.1, -0.05) is 24.3 Å². The number of carbonyl (C=O) groups excluding carboxylic acids is 2. The zero-order valence-corrected chi connectivity index (χ0v) is 14.9. The Kier molecular flexibility index (Phi) is 7.65. The number of benzene rings is 1. The van der Waals surface area contributed by atoms with Crippen LogP contribution in [0.4, 0.5) is 0 Å². The Morgan fingerprint density at radius 2 is 1.92 bits per heavy atom. The summed E-state index contributed by atoms with van der Waals surface area (Å²) in [4.78, 5) is 20.9. The van der Waals surface area contributed by atoms with Gasteiger partial charge < -0.3 is 14.8 Å². The number of carbonyl (C=O) groups is 2. The van der Waals surface area contributed by atoms with Crippen LogP contribution in [0.25, 0.3) is 0 Å². The molecule has 1 atom stereocenters. The summed E-state index contributed by atoms with van der Waals surface area (Å²) in [6, 6.07) is 7.88. The molecule has 0 saturated carbocycles. The van der Waals surface area contributed by atoms with Crippen molar-refractivity contribution >= 4 is 12.4 Å². The lowest BCUT2D eigenvalue weighted by Crippen LogP contribution is -2.27. The highest BCUT2D eigenvalue weighted by Gasteiger charge is 2.17. The van der Waals surface area contributed by atoms with E-state index >= 15 is 0 Å². The van der Waals surface area contributed by atoms with E-state index in [0.717, 1.165) is 19.4 Å². The van der Waals surface area contributed by atoms with E-state index in [0.29, 0.717) is 18.1 Å². The van der Waals surface area contributed by atoms with Crippen molar-refractivity contribution in [2.24, 2.45) is 0 Å². The Hall–Kier alpha value is -2.14. The van der Waals surface area contributed by atoms with Crippen LogP contribution in [-0.4, -0.2) is 31.7 Å². The lowest BCUT2D eigenvalue weighted by molar-refractivity contribution is -0.138. The third kappa shape index (κ3) is 6.96. The molecule has 0 spiro atoms. The summed E-state index contributed by atoms with van der Waals surface area (Å²) in [5.41, 5.74) is 2.75. The maximum Gasteiger partial charge on any atom is 0.337 e. The molecule has 1 aromatic carbocycles. The largest absolute Gasteiger partial charge is 0.465 e. The van der Waals surface area contributed by atoms with E-state index in [2.05, 4.69) is 21.4 Å². The summed E-state index contributed by atoms with van der Waals surface area (Å²) < 4.78 is 9.22. The van der Waals surface area contributed by atoms with Gasteiger partial charge in [-0.15, -0.1) is 0 Å². The Labute approximate surface area is 144 Å². The summed E-state index contributed by atoms with van der Waals surface area (Å²) in [5.74, 6) is -0.294. The first-order valence-corrected chi connectivity index (χ1v) is 7.96. The number of rotatable bonds is 3. The van der Waals surface area contributed by atoms with Gasteiger partial charge in [0.1, 0.15) is 5.60 Å². The maximum absolute atomic E-state index is 11.3. The van der Waals surface area contributed by atoms with E-state index in [1.54, 1.807) is 12.1 Å². The van der Waals surface area contributed by atoms with Crippen molar-refractivity contribution in [2.75, 3.05) is 13.7 Å². The third-order valence-corrected chi connectivity index (χ3v) is 3.50. The van der Waals surface area contributed by atoms with Gasteiger partial charge in [0, 0.05) is 6.04 Å². The zero-order chi connectivity index (χ0) is 18.2. The van der Waals surface area contributed by atoms with Crippen LogP contribution < -0.4 is 5.32 Å². The fourth-order valence-electron chi connectivity index (χ4n) is 2.24. The van der Waals surface area contributed by atoms with Gasteiger partial charge in [-0.25, -0.2) is 4.79 Å². The number of nitrogens with one attached hydrogen (secondary N) is 1. The fraction of sp³-hybridized carbons (Fsp3) is 0.474. The van der Waals surface area contributed by atoms with Gasteiger partial charge in [0.15, 0.2) is 0 Å². The van der Waals surface area contributed by atoms with Gasteiger partial charge in [0.25, 0.3) is 6.47 Å². The van der Waals surface area contributed by atoms with Crippen molar-refractivity contribution in [2.45, 2.75) is 45.3 Å². The highest BCUT2D eigenvalue weighted by atomic mass is 16.5. The Morgan fingerprint density at radius 3 is 2.33 bits per heavy atom. The molecule has 1 unspecified atom stereocenters. The molecule has 0 amide bonds. The molecule has 0 bridgehead atoms. The highest BCUT2D eigenvalue weighted by molar-refractivity contribution is 5.89. The molecule has 1 heterocycles. The monoisotopic (exact) mass is 333 g/mol. The summed E-state index contributed by atoms with van der Waals surface area (Å²) in [7, 11) is 1.39. The fourth-order valence-corrected chi connectivity index (χ4v) is 2.24. The molecule has 5 heteroatoms. The van der Waals surface area contributed by atoms with E-state index in [4.69, 9.17) is 0 Å². The van der Waals surface area contributed by atoms with Crippen LogP contribution in [0, 0.1) is 0 Å². The second-order valence-electron chi connectivity index (χ2n) is 6.65. The number of methoxy groups -OCH3 is 1. The zero-order valence-electron chi connectivity index (χ0n) is 14.9. The summed E-state index contributed by atoms with van der Waals surface area (Å²) in [6.07, 6.45) is 2.02. The minimum absolute atomic E-state index is 0.294. The number of ether oxygens (including phenoxy) is 2. The second-order valence-corrected chi connectivity index (χ2v) is 6.65. The van der Waals surface area contributed by atoms with E-state index in [1.807, 2.05) is 32.9 Å². The van der Waals surface area contributed by atoms with Crippen molar-refractivity contribution in [3.63, 3.8) is 0 Å². The van der Waals surface area contributed by atoms with Crippen molar-refractivity contribution < 1.29 is 19.1 Å². The van der Waals surface area contributed by atoms with Gasteiger partial charge in [-0.3, -0.25) is 4.79 Å². The van der Waals surface area contributed by atoms with Crippen LogP contribution in [0.3, 0.4) is 0 Å². The maximum atomic E-state index is 11.3. The van der Waals surface area contributed by atoms with Crippen LogP contribution in [-0.2, 0) is 14.3 Å². The molecular weight excluding hydrogens is 306 g/mol. The normalized spacial score (nSPS) is 17.3. The number of hydrogen-bond donors (Lipinski definition) is 1. The third-order valence-electron chi connectivity index (χ3n) is 3.50. The van der Waals surface area contributed by atoms with Crippen LogP contribution in [0.1, 0.15) is 55.6 Å². The first-order chi connectivity index (χ1) is 11.3. The van der Waals surface area contributed by atoms with Crippen LogP contribution in [0.5, 0.6) is 0 Å². The Morgan fingerprint density at radius 1 is 1.29 bits per heavy atom. The van der Waals surface area contributed by atoms with E-state index < -0.39 is 0 Å². The minimum atomic E-state index is -0.318. The SMILES string of the molecule is C=C1CCNC(c2ccc(C(=O)OC)cc2)C1.CC(C)(C)OC=O. The molecule has 1 aliphatic heterocycles. The molecule has 24 heavy (non-hydrogen) atoms. The molecule has 1 N–H and O–H groups in total. The summed E-state index contributed by atoms with van der Waals surface area (Å²) in [5, 5.41) is 3.45. The molecule has 1 fully saturated rings. The summed E-state index contributed by atoms with van der Waals surface area (Å²) in [6.45, 7) is 10.9. The second kappa shape index (κ2) is 9.23. The molecule has 0 aromatic heterocycles. The average molecular weight is 333 g/mol. The highest BCUT2D eigenvalue weighted by Crippen LogP contribution is 2.25. The van der Waals surface area contributed by atoms with Gasteiger partial charge in [0.05, 0.1) is 12.7 Å². The molecule has 1 aliphatic rings. The molecule has 1 aromatic rings. The molecule has 0 radical (unpaired) electrons. The van der Waals surface area contributed by atoms with Crippen LogP contribution in [0.15, 0.2) is 36.4 Å². The van der Waals surface area contributed by atoms with Gasteiger partial charge in [0.2, 0.25) is 0 Å². The van der Waals surface area contributed by atoms with Crippen LogP contribution >= 0.6 is 0 Å². The number of esters is 1. The predicted molar refractivity (Wildman–Crippen MR) is 93.8 cm³/mol. The standard InChI is InChI=1S/C14H17NO2.C5H10O2/c1-10-7-8-15-13(9-10)11-3-5-12(6-4-11)14(16)17-2;1-5(2,3)7-4-6/h3-6,13,15H,1,7-9H2,2H3;4H,1-3H3. The molecule has 2 rings (SSSR count). The number of piperidine rings is 1. The molecule has 5 nitrogen and oxygen atoms in total. The van der Waals surface area contributed by atoms with Crippen LogP contribution in [0.2, 0.25) is 0 Å². The summed E-state index contributed by atoms with van der Waals surface area (Å²) >= 11 is 0. The van der Waals surface area contributed by atoms with E-state index in [1.165, 1.54) is 18.2 Å². The topological polar surface area (TPSA) is 64.6 Å². The Bertz CT molecular complexity index is 558. The van der Waals surface area contributed by atoms with Crippen molar-refractivity contribution in [3.05, 3.63) is 47.5 Å². The lowest BCUT2D eigenvalue weighted by Gasteiger charge is -2.25. The number of hydrogen-bond acceptors (Lipinski definition) is 5.